The number of nitrogens with one attached hydrogen (secondary N) is 1. The molecule has 0 aliphatic carbocycles. The molecule has 1 atom stereocenters. The van der Waals surface area contributed by atoms with Crippen LogP contribution in [0.1, 0.15) is 33.0 Å². The first kappa shape index (κ1) is 16.5. The van der Waals surface area contributed by atoms with Crippen LogP contribution in [0.15, 0.2) is 34.9 Å². The number of hydrogen-bond donors (Lipinski definition) is 1. The highest BCUT2D eigenvalue weighted by atomic mass is 35.5. The zero-order valence-corrected chi connectivity index (χ0v) is 14.4. The van der Waals surface area contributed by atoms with Gasteiger partial charge in [0.05, 0.1) is 6.42 Å². The first-order valence-corrected chi connectivity index (χ1v) is 7.99. The Morgan fingerprint density at radius 2 is 2.00 bits per heavy atom. The normalized spacial score (nSPS) is 17.6. The number of carbonyl (C=O) groups is 2. The van der Waals surface area contributed by atoms with Crippen LogP contribution in [0.4, 0.5) is 11.5 Å². The van der Waals surface area contributed by atoms with Crippen molar-refractivity contribution in [1.29, 1.82) is 0 Å². The molecule has 2 heterocycles. The summed E-state index contributed by atoms with van der Waals surface area (Å²) in [5.74, 6) is 0.628. The molecule has 1 aromatic heterocycles. The van der Waals surface area contributed by atoms with Crippen LogP contribution < -0.4 is 10.2 Å². The second kappa shape index (κ2) is 5.94. The average molecular weight is 348 g/mol. The Balaban J connectivity index is 1.72. The number of anilines is 2. The zero-order chi connectivity index (χ0) is 17.5. The minimum atomic E-state index is -0.562. The van der Waals surface area contributed by atoms with E-state index in [1.54, 1.807) is 30.3 Å². The fourth-order valence-corrected chi connectivity index (χ4v) is 2.58. The summed E-state index contributed by atoms with van der Waals surface area (Å²) in [6, 6.07) is 7.94. The summed E-state index contributed by atoms with van der Waals surface area (Å²) < 4.78 is 5.25. The first-order chi connectivity index (χ1) is 11.3. The lowest BCUT2D eigenvalue weighted by atomic mass is 9.93. The molecule has 0 unspecified atom stereocenters. The van der Waals surface area contributed by atoms with Gasteiger partial charge < -0.3 is 9.84 Å². The molecular formula is C17H18ClN3O3. The molecule has 24 heavy (non-hydrogen) atoms. The molecule has 1 saturated heterocycles. The van der Waals surface area contributed by atoms with E-state index in [2.05, 4.69) is 10.5 Å². The molecular weight excluding hydrogens is 330 g/mol. The first-order valence-electron chi connectivity index (χ1n) is 7.61. The van der Waals surface area contributed by atoms with Gasteiger partial charge in [0, 0.05) is 22.2 Å². The lowest BCUT2D eigenvalue weighted by Gasteiger charge is -2.38. The summed E-state index contributed by atoms with van der Waals surface area (Å²) in [5.41, 5.74) is 0.448. The largest absolute Gasteiger partial charge is 0.359 e. The fourth-order valence-electron chi connectivity index (χ4n) is 2.45. The van der Waals surface area contributed by atoms with Crippen LogP contribution in [0.25, 0.3) is 0 Å². The van der Waals surface area contributed by atoms with Crippen LogP contribution in [0.2, 0.25) is 5.02 Å². The Kier molecular flexibility index (Phi) is 4.09. The number of nitrogens with zero attached hydrogens (tertiary/aromatic N) is 2. The van der Waals surface area contributed by atoms with Crippen LogP contribution >= 0.6 is 11.6 Å². The topological polar surface area (TPSA) is 75.4 Å². The monoisotopic (exact) mass is 347 g/mol. The number of β-lactam (4-membered cyclic amide) rings is 1. The number of benzene rings is 1. The highest BCUT2D eigenvalue weighted by Crippen LogP contribution is 2.30. The minimum absolute atomic E-state index is 0.104. The summed E-state index contributed by atoms with van der Waals surface area (Å²) in [6.45, 7) is 5.98. The van der Waals surface area contributed by atoms with Crippen molar-refractivity contribution < 1.29 is 14.1 Å². The molecule has 7 heteroatoms. The third-order valence-corrected chi connectivity index (χ3v) is 4.11. The van der Waals surface area contributed by atoms with Gasteiger partial charge in [-0.25, -0.2) is 0 Å². The average Bonchev–Trinajstić information content (AvgIpc) is 2.95. The molecule has 0 spiro atoms. The van der Waals surface area contributed by atoms with Crippen LogP contribution in [-0.4, -0.2) is 23.0 Å². The molecule has 3 rings (SSSR count). The second-order valence-electron chi connectivity index (χ2n) is 6.78. The maximum Gasteiger partial charge on any atom is 0.249 e. The predicted octanol–water partition coefficient (Wildman–Crippen LogP) is 3.37. The van der Waals surface area contributed by atoms with E-state index in [0.29, 0.717) is 22.3 Å². The standard InChI is InChI=1S/C17H18ClN3O3/c1-17(2,3)13-9-14(20-24-13)19-16(23)12-8-15(22)21(12)11-6-4-10(18)5-7-11/h4-7,9,12H,8H2,1-3H3,(H,19,20,23)/t12-/m0/s1. The van der Waals surface area contributed by atoms with Gasteiger partial charge in [0.15, 0.2) is 5.82 Å². The maximum absolute atomic E-state index is 12.4. The number of halogens is 1. The zero-order valence-electron chi connectivity index (χ0n) is 13.7. The molecule has 1 aliphatic heterocycles. The van der Waals surface area contributed by atoms with E-state index in [-0.39, 0.29) is 23.7 Å². The fraction of sp³-hybridized carbons (Fsp3) is 0.353. The third kappa shape index (κ3) is 3.14. The van der Waals surface area contributed by atoms with Gasteiger partial charge in [-0.05, 0) is 24.3 Å². The van der Waals surface area contributed by atoms with Gasteiger partial charge in [-0.2, -0.15) is 0 Å². The lowest BCUT2D eigenvalue weighted by Crippen LogP contribution is -2.58. The van der Waals surface area contributed by atoms with Crippen molar-refractivity contribution in [2.45, 2.75) is 38.6 Å². The van der Waals surface area contributed by atoms with E-state index in [0.717, 1.165) is 0 Å². The minimum Gasteiger partial charge on any atom is -0.359 e. The van der Waals surface area contributed by atoms with Crippen molar-refractivity contribution in [2.75, 3.05) is 10.2 Å². The molecule has 1 aliphatic rings. The van der Waals surface area contributed by atoms with E-state index in [4.69, 9.17) is 16.1 Å². The smallest absolute Gasteiger partial charge is 0.249 e. The van der Waals surface area contributed by atoms with E-state index in [9.17, 15) is 9.59 Å². The van der Waals surface area contributed by atoms with Gasteiger partial charge in [-0.3, -0.25) is 14.5 Å². The van der Waals surface area contributed by atoms with E-state index in [1.807, 2.05) is 20.8 Å². The molecule has 0 saturated carbocycles. The number of hydrogen-bond acceptors (Lipinski definition) is 4. The van der Waals surface area contributed by atoms with Crippen molar-refractivity contribution in [2.24, 2.45) is 0 Å². The number of carbonyl (C=O) groups excluding carboxylic acids is 2. The van der Waals surface area contributed by atoms with E-state index >= 15 is 0 Å². The van der Waals surface area contributed by atoms with Crippen molar-refractivity contribution >= 4 is 34.9 Å². The molecule has 0 radical (unpaired) electrons. The van der Waals surface area contributed by atoms with Gasteiger partial charge in [-0.1, -0.05) is 37.5 Å². The van der Waals surface area contributed by atoms with Crippen molar-refractivity contribution in [3.05, 3.63) is 41.1 Å². The lowest BCUT2D eigenvalue weighted by molar-refractivity contribution is -0.131. The summed E-state index contributed by atoms with van der Waals surface area (Å²) in [7, 11) is 0. The molecule has 1 aromatic carbocycles. The predicted molar refractivity (Wildman–Crippen MR) is 91.2 cm³/mol. The Bertz CT molecular complexity index is 777. The van der Waals surface area contributed by atoms with Crippen LogP contribution in [0.5, 0.6) is 0 Å². The summed E-state index contributed by atoms with van der Waals surface area (Å²) in [6.07, 6.45) is 0.165. The van der Waals surface area contributed by atoms with E-state index in [1.165, 1.54) is 4.90 Å². The molecule has 6 nitrogen and oxygen atoms in total. The summed E-state index contributed by atoms with van der Waals surface area (Å²) in [5, 5.41) is 7.14. The van der Waals surface area contributed by atoms with Gasteiger partial charge in [-0.15, -0.1) is 0 Å². The number of amides is 2. The molecule has 2 amide bonds. The maximum atomic E-state index is 12.4. The van der Waals surface area contributed by atoms with Crippen LogP contribution in [-0.2, 0) is 15.0 Å². The highest BCUT2D eigenvalue weighted by molar-refractivity contribution is 6.30. The Hall–Kier alpha value is -2.34. The summed E-state index contributed by atoms with van der Waals surface area (Å²) >= 11 is 5.86. The molecule has 126 valence electrons. The molecule has 0 bridgehead atoms. The molecule has 1 N–H and O–H groups in total. The molecule has 2 aromatic rings. The number of aromatic nitrogens is 1. The number of rotatable bonds is 3. The highest BCUT2D eigenvalue weighted by Gasteiger charge is 2.42. The third-order valence-electron chi connectivity index (χ3n) is 3.86. The van der Waals surface area contributed by atoms with Crippen molar-refractivity contribution in [1.82, 2.24) is 5.16 Å². The van der Waals surface area contributed by atoms with Crippen molar-refractivity contribution in [3.8, 4) is 0 Å². The van der Waals surface area contributed by atoms with Crippen LogP contribution in [0.3, 0.4) is 0 Å². The molecule has 1 fully saturated rings. The van der Waals surface area contributed by atoms with Crippen LogP contribution in [0, 0.1) is 0 Å². The summed E-state index contributed by atoms with van der Waals surface area (Å²) in [4.78, 5) is 25.8. The quantitative estimate of drug-likeness (QED) is 0.864. The van der Waals surface area contributed by atoms with Gasteiger partial charge in [0.2, 0.25) is 11.8 Å². The van der Waals surface area contributed by atoms with Gasteiger partial charge in [0.1, 0.15) is 11.8 Å². The van der Waals surface area contributed by atoms with Crippen molar-refractivity contribution in [3.63, 3.8) is 0 Å². The van der Waals surface area contributed by atoms with E-state index < -0.39 is 6.04 Å². The SMILES string of the molecule is CC(C)(C)c1cc(NC(=O)[C@@H]2CC(=O)N2c2ccc(Cl)cc2)no1. The Morgan fingerprint density at radius 1 is 1.33 bits per heavy atom. The second-order valence-corrected chi connectivity index (χ2v) is 7.21. The Morgan fingerprint density at radius 3 is 2.54 bits per heavy atom. The van der Waals surface area contributed by atoms with Gasteiger partial charge in [0.25, 0.3) is 0 Å². The Labute approximate surface area is 144 Å². The van der Waals surface area contributed by atoms with Gasteiger partial charge >= 0.3 is 0 Å².